The third-order valence-electron chi connectivity index (χ3n) is 1.57. The van der Waals surface area contributed by atoms with Gasteiger partial charge in [0.05, 0.1) is 0 Å². The largest absolute Gasteiger partial charge is 0.483 e. The molecule has 0 heterocycles. The molecule has 0 saturated heterocycles. The third kappa shape index (κ3) is 2.33. The first-order chi connectivity index (χ1) is 7.00. The van der Waals surface area contributed by atoms with Crippen molar-refractivity contribution in [1.82, 2.24) is 0 Å². The summed E-state index contributed by atoms with van der Waals surface area (Å²) in [5.74, 6) is -13.8. The van der Waals surface area contributed by atoms with E-state index in [2.05, 4.69) is 11.1 Å². The molecule has 0 aromatic heterocycles. The zero-order valence-electron chi connectivity index (χ0n) is 7.04. The van der Waals surface area contributed by atoms with Gasteiger partial charge in [0.15, 0.2) is 0 Å². The van der Waals surface area contributed by atoms with Gasteiger partial charge in [-0.2, -0.15) is 48.3 Å². The summed E-state index contributed by atoms with van der Waals surface area (Å²) >= 11 is 3.69. The number of halogens is 12. The molecule has 0 rings (SSSR count). The maximum atomic E-state index is 12.3. The Morgan fingerprint density at radius 2 is 0.824 bits per heavy atom. The summed E-state index contributed by atoms with van der Waals surface area (Å²) in [6, 6.07) is 0. The smallest absolute Gasteiger partial charge is 0.199 e. The zero-order chi connectivity index (χ0) is 14.5. The molecule has 0 spiro atoms. The molecule has 13 heteroatoms. The van der Waals surface area contributed by atoms with E-state index >= 15 is 0 Å². The van der Waals surface area contributed by atoms with Crippen molar-refractivity contribution in [2.24, 2.45) is 0 Å². The van der Waals surface area contributed by atoms with Gasteiger partial charge in [0.25, 0.3) is 0 Å². The molecule has 0 unspecified atom stereocenters. The molecule has 0 nitrogen and oxygen atoms in total. The Morgan fingerprint density at radius 3 is 0.882 bits per heavy atom. The summed E-state index contributed by atoms with van der Waals surface area (Å²) in [4.78, 5) is 0. The highest BCUT2D eigenvalue weighted by Crippen LogP contribution is 2.57. The van der Waals surface area contributed by atoms with E-state index in [4.69, 9.17) is 0 Å². The zero-order valence-corrected chi connectivity index (χ0v) is 8.79. The van der Waals surface area contributed by atoms with Crippen LogP contribution in [-0.4, -0.2) is 30.7 Å². The Bertz CT molecular complexity index is 269. The Morgan fingerprint density at radius 1 is 0.588 bits per heavy atom. The van der Waals surface area contributed by atoms with Crippen LogP contribution in [0.2, 0.25) is 0 Å². The minimum Gasteiger partial charge on any atom is -0.199 e. The SMILES string of the molecule is FC(F)(F)C(F)(F)[Si](Cl)(C(F)(F)F)C(F)(F)F. The molecule has 0 amide bonds. The van der Waals surface area contributed by atoms with Gasteiger partial charge >= 0.3 is 30.7 Å². The van der Waals surface area contributed by atoms with Crippen molar-refractivity contribution in [3.05, 3.63) is 0 Å². The average molecular weight is 321 g/mol. The third-order valence-corrected chi connectivity index (χ3v) is 6.28. The average Bonchev–Trinajstić information content (AvgIpc) is 1.95. The summed E-state index contributed by atoms with van der Waals surface area (Å²) in [7, 11) is -8.50. The minimum absolute atomic E-state index is 3.69. The number of hydrogen-bond acceptors (Lipinski definition) is 0. The van der Waals surface area contributed by atoms with E-state index in [1.807, 2.05) is 0 Å². The van der Waals surface area contributed by atoms with E-state index in [0.717, 1.165) is 0 Å². The molecule has 0 radical (unpaired) electrons. The van der Waals surface area contributed by atoms with Crippen LogP contribution in [0.5, 0.6) is 0 Å². The molecule has 0 aliphatic rings. The van der Waals surface area contributed by atoms with Crippen molar-refractivity contribution in [3.63, 3.8) is 0 Å². The second-order valence-electron chi connectivity index (χ2n) is 2.73. The van der Waals surface area contributed by atoms with Gasteiger partial charge in [0.1, 0.15) is 0 Å². The van der Waals surface area contributed by atoms with Crippen LogP contribution in [0.15, 0.2) is 0 Å². The summed E-state index contributed by atoms with van der Waals surface area (Å²) < 4.78 is 131. The van der Waals surface area contributed by atoms with Crippen LogP contribution < -0.4 is 0 Å². The lowest BCUT2D eigenvalue weighted by molar-refractivity contribution is -0.262. The number of rotatable bonds is 1. The summed E-state index contributed by atoms with van der Waals surface area (Å²) in [5.41, 5.74) is -7.09. The van der Waals surface area contributed by atoms with Crippen LogP contribution in [0.3, 0.4) is 0 Å². The molecule has 0 bridgehead atoms. The fraction of sp³-hybridized carbons (Fsp3) is 1.00. The van der Waals surface area contributed by atoms with Crippen molar-refractivity contribution in [1.29, 1.82) is 0 Å². The normalized spacial score (nSPS) is 16.2. The lowest BCUT2D eigenvalue weighted by Crippen LogP contribution is -2.73. The van der Waals surface area contributed by atoms with Crippen LogP contribution in [0.1, 0.15) is 0 Å². The first kappa shape index (κ1) is 16.7. The van der Waals surface area contributed by atoms with Gasteiger partial charge in [-0.1, -0.05) is 0 Å². The Labute approximate surface area is 91.0 Å². The van der Waals surface area contributed by atoms with Crippen LogP contribution in [0.25, 0.3) is 0 Å². The van der Waals surface area contributed by atoms with Crippen molar-refractivity contribution in [3.8, 4) is 0 Å². The molecule has 17 heavy (non-hydrogen) atoms. The maximum Gasteiger partial charge on any atom is 0.483 e. The van der Waals surface area contributed by atoms with Gasteiger partial charge in [-0.15, -0.1) is 11.1 Å². The molecule has 104 valence electrons. The van der Waals surface area contributed by atoms with Crippen molar-refractivity contribution in [2.75, 3.05) is 0 Å². The second kappa shape index (κ2) is 3.86. The molecule has 0 aromatic carbocycles. The van der Waals surface area contributed by atoms with E-state index in [1.54, 1.807) is 0 Å². The second-order valence-corrected chi connectivity index (χ2v) is 7.51. The van der Waals surface area contributed by atoms with Gasteiger partial charge in [0.2, 0.25) is 0 Å². The standard InChI is InChI=1S/C4ClF11Si/c5-17(3(11,12)13,4(14,15)16)2(9,10)1(6,7)8. The van der Waals surface area contributed by atoms with E-state index in [0.29, 0.717) is 0 Å². The lowest BCUT2D eigenvalue weighted by atomic mass is 10.7. The molecule has 0 atom stereocenters. The Hall–Kier alpha value is -0.263. The van der Waals surface area contributed by atoms with Gasteiger partial charge in [0, 0.05) is 0 Å². The number of hydrogen-bond donors (Lipinski definition) is 0. The molecule has 0 aliphatic carbocycles. The summed E-state index contributed by atoms with van der Waals surface area (Å²) in [6.07, 6.45) is -7.05. The van der Waals surface area contributed by atoms with Crippen LogP contribution in [-0.2, 0) is 0 Å². The Balaban J connectivity index is 6.04. The molecule has 0 fully saturated rings. The highest BCUT2D eigenvalue weighted by molar-refractivity contribution is 7.23. The first-order valence-electron chi connectivity index (χ1n) is 3.27. The number of alkyl halides is 11. The van der Waals surface area contributed by atoms with Gasteiger partial charge in [-0.3, -0.25) is 0 Å². The van der Waals surface area contributed by atoms with Crippen molar-refractivity contribution in [2.45, 2.75) is 23.3 Å². The van der Waals surface area contributed by atoms with E-state index in [9.17, 15) is 48.3 Å². The molecule has 0 saturated carbocycles. The molecular weight excluding hydrogens is 321 g/mol. The highest BCUT2D eigenvalue weighted by atomic mass is 35.6. The van der Waals surface area contributed by atoms with Gasteiger partial charge < -0.3 is 0 Å². The van der Waals surface area contributed by atoms with Gasteiger partial charge in [-0.25, -0.2) is 0 Å². The highest BCUT2D eigenvalue weighted by Gasteiger charge is 2.92. The van der Waals surface area contributed by atoms with E-state index < -0.39 is 30.7 Å². The van der Waals surface area contributed by atoms with Gasteiger partial charge in [-0.05, 0) is 0 Å². The van der Waals surface area contributed by atoms with Crippen LogP contribution in [0, 0.1) is 0 Å². The predicted octanol–water partition coefficient (Wildman–Crippen LogP) is 4.11. The maximum absolute atomic E-state index is 12.3. The molecular formula is C4ClF11Si. The van der Waals surface area contributed by atoms with E-state index in [-0.39, 0.29) is 0 Å². The quantitative estimate of drug-likeness (QED) is 0.387. The van der Waals surface area contributed by atoms with Crippen LogP contribution >= 0.6 is 11.1 Å². The lowest BCUT2D eigenvalue weighted by Gasteiger charge is -2.35. The predicted molar refractivity (Wildman–Crippen MR) is 34.7 cm³/mol. The van der Waals surface area contributed by atoms with Crippen molar-refractivity contribution >= 4 is 18.5 Å². The topological polar surface area (TPSA) is 0 Å². The summed E-state index contributed by atoms with van der Waals surface area (Å²) in [5, 5.41) is 0. The van der Waals surface area contributed by atoms with Crippen LogP contribution in [0.4, 0.5) is 48.3 Å². The fourth-order valence-corrected chi connectivity index (χ4v) is 2.46. The molecule has 0 aliphatic heterocycles. The minimum atomic E-state index is -8.50. The Kier molecular flexibility index (Phi) is 3.81. The summed E-state index contributed by atoms with van der Waals surface area (Å²) in [6.45, 7) is 0. The first-order valence-corrected chi connectivity index (χ1v) is 6.28. The molecule has 0 aromatic rings. The monoisotopic (exact) mass is 320 g/mol. The van der Waals surface area contributed by atoms with Crippen molar-refractivity contribution < 1.29 is 48.3 Å². The molecule has 0 N–H and O–H groups in total. The van der Waals surface area contributed by atoms with E-state index in [1.165, 1.54) is 0 Å². The fourth-order valence-electron chi connectivity index (χ4n) is 0.712.